The van der Waals surface area contributed by atoms with Crippen molar-refractivity contribution in [1.29, 1.82) is 0 Å². The number of rotatable bonds is 9. The van der Waals surface area contributed by atoms with Gasteiger partial charge < -0.3 is 10.1 Å². The van der Waals surface area contributed by atoms with Gasteiger partial charge in [0.25, 0.3) is 17.7 Å². The van der Waals surface area contributed by atoms with Crippen LogP contribution in [-0.4, -0.2) is 58.8 Å². The number of nitrogens with zero attached hydrogens (tertiary/aromatic N) is 1. The summed E-state index contributed by atoms with van der Waals surface area (Å²) in [5.41, 5.74) is 0.137. The molecule has 1 aromatic rings. The number of hydrogen-bond donors (Lipinski definition) is 1. The highest BCUT2D eigenvalue weighted by Crippen LogP contribution is 2.26. The molecule has 0 aliphatic carbocycles. The Morgan fingerprint density at radius 1 is 1.18 bits per heavy atom. The normalized spacial score (nSPS) is 14.6. The van der Waals surface area contributed by atoms with Crippen LogP contribution in [-0.2, 0) is 14.3 Å². The zero-order valence-electron chi connectivity index (χ0n) is 16.6. The smallest absolute Gasteiger partial charge is 0.329 e. The van der Waals surface area contributed by atoms with E-state index < -0.39 is 41.9 Å². The van der Waals surface area contributed by atoms with Crippen molar-refractivity contribution in [2.24, 2.45) is 0 Å². The molecule has 8 heteroatoms. The van der Waals surface area contributed by atoms with Crippen LogP contribution < -0.4 is 5.32 Å². The van der Waals surface area contributed by atoms with Crippen LogP contribution in [0.15, 0.2) is 24.3 Å². The predicted octanol–water partition coefficient (Wildman–Crippen LogP) is 2.25. The highest BCUT2D eigenvalue weighted by atomic mass is 32.2. The molecule has 28 heavy (non-hydrogen) atoms. The first-order valence-electron chi connectivity index (χ1n) is 9.15. The number of ether oxygens (including phenoxy) is 1. The van der Waals surface area contributed by atoms with Gasteiger partial charge in [-0.15, -0.1) is 0 Å². The number of thioether (sulfide) groups is 1. The molecule has 1 aromatic carbocycles. The fourth-order valence-corrected chi connectivity index (χ4v) is 3.27. The average molecular weight is 407 g/mol. The van der Waals surface area contributed by atoms with Crippen LogP contribution in [0.1, 0.15) is 54.3 Å². The first-order valence-corrected chi connectivity index (χ1v) is 10.5. The third kappa shape index (κ3) is 4.92. The Morgan fingerprint density at radius 2 is 1.75 bits per heavy atom. The third-order valence-corrected chi connectivity index (χ3v) is 5.36. The van der Waals surface area contributed by atoms with E-state index in [1.54, 1.807) is 24.3 Å². The maximum Gasteiger partial charge on any atom is 0.329 e. The van der Waals surface area contributed by atoms with Crippen LogP contribution >= 0.6 is 11.8 Å². The molecular weight excluding hydrogens is 380 g/mol. The zero-order valence-corrected chi connectivity index (χ0v) is 17.4. The molecular formula is C20H26N2O5S. The summed E-state index contributed by atoms with van der Waals surface area (Å²) in [6, 6.07) is 5.40. The summed E-state index contributed by atoms with van der Waals surface area (Å²) in [5, 5.41) is 2.78. The zero-order chi connectivity index (χ0) is 20.9. The van der Waals surface area contributed by atoms with Gasteiger partial charge in [-0.3, -0.25) is 19.3 Å². The van der Waals surface area contributed by atoms with Gasteiger partial charge >= 0.3 is 5.97 Å². The Morgan fingerprint density at radius 3 is 2.25 bits per heavy atom. The summed E-state index contributed by atoms with van der Waals surface area (Å²) in [5.74, 6) is -1.65. The Bertz CT molecular complexity index is 743. The van der Waals surface area contributed by atoms with Crippen LogP contribution in [0.3, 0.4) is 0 Å². The lowest BCUT2D eigenvalue weighted by molar-refractivity contribution is -0.152. The van der Waals surface area contributed by atoms with Crippen molar-refractivity contribution in [3.05, 3.63) is 35.4 Å². The summed E-state index contributed by atoms with van der Waals surface area (Å²) >= 11 is 1.49. The molecule has 0 aromatic heterocycles. The topological polar surface area (TPSA) is 92.8 Å². The number of imide groups is 1. The quantitative estimate of drug-likeness (QED) is 0.499. The molecule has 2 rings (SSSR count). The van der Waals surface area contributed by atoms with Crippen molar-refractivity contribution in [1.82, 2.24) is 10.2 Å². The van der Waals surface area contributed by atoms with Crippen molar-refractivity contribution in [3.8, 4) is 0 Å². The number of hydrogen-bond acceptors (Lipinski definition) is 6. The van der Waals surface area contributed by atoms with E-state index in [-0.39, 0.29) is 17.5 Å². The number of carbonyl (C=O) groups is 4. The third-order valence-electron chi connectivity index (χ3n) is 4.71. The molecule has 1 aliphatic heterocycles. The van der Waals surface area contributed by atoms with Gasteiger partial charge in [0.05, 0.1) is 11.1 Å². The lowest BCUT2D eigenvalue weighted by Crippen LogP contribution is -2.48. The first-order chi connectivity index (χ1) is 13.2. The SMILES string of the molecule is CCC(C)(C)NC(=O)COC(=O)[C@@H](CCSC)N1C(=O)c2ccccc2C1=O. The van der Waals surface area contributed by atoms with Crippen LogP contribution in [0.25, 0.3) is 0 Å². The molecule has 7 nitrogen and oxygen atoms in total. The maximum atomic E-state index is 12.7. The lowest BCUT2D eigenvalue weighted by atomic mass is 10.0. The molecule has 1 heterocycles. The average Bonchev–Trinajstić information content (AvgIpc) is 2.92. The predicted molar refractivity (Wildman–Crippen MR) is 107 cm³/mol. The second-order valence-corrected chi connectivity index (χ2v) is 8.20. The van der Waals surface area contributed by atoms with Gasteiger partial charge in [-0.25, -0.2) is 4.79 Å². The van der Waals surface area contributed by atoms with E-state index in [2.05, 4.69) is 5.32 Å². The number of esters is 1. The van der Waals surface area contributed by atoms with Gasteiger partial charge in [-0.2, -0.15) is 11.8 Å². The molecule has 0 saturated carbocycles. The number of carbonyl (C=O) groups excluding carboxylic acids is 4. The monoisotopic (exact) mass is 406 g/mol. The van der Waals surface area contributed by atoms with Gasteiger partial charge in [-0.05, 0) is 50.8 Å². The number of benzene rings is 1. The standard InChI is InChI=1S/C20H26N2O5S/c1-5-20(2,3)21-16(23)12-27-19(26)15(10-11-28-4)22-17(24)13-8-6-7-9-14(13)18(22)25/h6-9,15H,5,10-12H2,1-4H3,(H,21,23)/t15-/m1/s1. The van der Waals surface area contributed by atoms with Gasteiger partial charge in [0, 0.05) is 5.54 Å². The van der Waals surface area contributed by atoms with Crippen molar-refractivity contribution in [2.45, 2.75) is 45.2 Å². The summed E-state index contributed by atoms with van der Waals surface area (Å²) in [4.78, 5) is 51.0. The number of amides is 3. The highest BCUT2D eigenvalue weighted by molar-refractivity contribution is 7.98. The Hall–Kier alpha value is -2.35. The van der Waals surface area contributed by atoms with Gasteiger partial charge in [0.2, 0.25) is 0 Å². The second kappa shape index (κ2) is 9.23. The summed E-state index contributed by atoms with van der Waals surface area (Å²) in [6.07, 6.45) is 2.84. The van der Waals surface area contributed by atoms with Crippen LogP contribution in [0.4, 0.5) is 0 Å². The highest BCUT2D eigenvalue weighted by Gasteiger charge is 2.43. The van der Waals surface area contributed by atoms with Crippen molar-refractivity contribution in [3.63, 3.8) is 0 Å². The van der Waals surface area contributed by atoms with Crippen molar-refractivity contribution in [2.75, 3.05) is 18.6 Å². The summed E-state index contributed by atoms with van der Waals surface area (Å²) in [6.45, 7) is 5.22. The molecule has 0 bridgehead atoms. The van der Waals surface area contributed by atoms with Crippen LogP contribution in [0.5, 0.6) is 0 Å². The Kier molecular flexibility index (Phi) is 7.23. The molecule has 0 saturated heterocycles. The number of nitrogens with one attached hydrogen (secondary N) is 1. The molecule has 0 fully saturated rings. The Labute approximate surface area is 169 Å². The van der Waals surface area contributed by atoms with Gasteiger partial charge in [0.1, 0.15) is 6.04 Å². The van der Waals surface area contributed by atoms with E-state index >= 15 is 0 Å². The summed E-state index contributed by atoms with van der Waals surface area (Å²) < 4.78 is 5.15. The minimum absolute atomic E-state index is 0.257. The van der Waals surface area contributed by atoms with E-state index in [1.807, 2.05) is 27.0 Å². The van der Waals surface area contributed by atoms with Crippen LogP contribution in [0.2, 0.25) is 0 Å². The fourth-order valence-electron chi connectivity index (χ4n) is 2.81. The lowest BCUT2D eigenvalue weighted by Gasteiger charge is -2.26. The maximum absolute atomic E-state index is 12.7. The molecule has 1 N–H and O–H groups in total. The van der Waals surface area contributed by atoms with Crippen molar-refractivity contribution >= 4 is 35.5 Å². The number of fused-ring (bicyclic) bond motifs is 1. The van der Waals surface area contributed by atoms with E-state index in [0.717, 1.165) is 11.3 Å². The minimum atomic E-state index is -1.06. The van der Waals surface area contributed by atoms with E-state index in [1.165, 1.54) is 11.8 Å². The van der Waals surface area contributed by atoms with E-state index in [4.69, 9.17) is 4.74 Å². The van der Waals surface area contributed by atoms with E-state index in [9.17, 15) is 19.2 Å². The van der Waals surface area contributed by atoms with Crippen LogP contribution in [0, 0.1) is 0 Å². The minimum Gasteiger partial charge on any atom is -0.454 e. The van der Waals surface area contributed by atoms with Gasteiger partial charge in [0.15, 0.2) is 6.61 Å². The molecule has 1 aliphatic rings. The molecule has 0 radical (unpaired) electrons. The molecule has 3 amide bonds. The van der Waals surface area contributed by atoms with E-state index in [0.29, 0.717) is 5.75 Å². The Balaban J connectivity index is 2.11. The second-order valence-electron chi connectivity index (χ2n) is 7.22. The first kappa shape index (κ1) is 21.9. The van der Waals surface area contributed by atoms with Gasteiger partial charge in [-0.1, -0.05) is 19.1 Å². The molecule has 0 unspecified atom stereocenters. The van der Waals surface area contributed by atoms with Crippen molar-refractivity contribution < 1.29 is 23.9 Å². The fraction of sp³-hybridized carbons (Fsp3) is 0.500. The molecule has 1 atom stereocenters. The largest absolute Gasteiger partial charge is 0.454 e. The molecule has 0 spiro atoms. The summed E-state index contributed by atoms with van der Waals surface area (Å²) in [7, 11) is 0. The molecule has 152 valence electrons.